The molecule has 0 aliphatic rings. The van der Waals surface area contributed by atoms with Gasteiger partial charge in [0.15, 0.2) is 0 Å². The maximum Gasteiger partial charge on any atom is 0.0441 e. The van der Waals surface area contributed by atoms with Crippen molar-refractivity contribution in [2.75, 3.05) is 19.3 Å². The fourth-order valence-electron chi connectivity index (χ4n) is 0.724. The van der Waals surface area contributed by atoms with Gasteiger partial charge in [0.05, 0.1) is 0 Å². The summed E-state index contributed by atoms with van der Waals surface area (Å²) in [4.78, 5) is 0. The molecule has 0 spiro atoms. The van der Waals surface area contributed by atoms with Crippen LogP contribution in [-0.4, -0.2) is 28.8 Å². The predicted molar refractivity (Wildman–Crippen MR) is 51.3 cm³/mol. The van der Waals surface area contributed by atoms with Gasteiger partial charge < -0.3 is 5.32 Å². The summed E-state index contributed by atoms with van der Waals surface area (Å²) in [5.41, 5.74) is 0. The molecule has 0 fully saturated rings. The normalized spacial score (nSPS) is 16.3. The molecule has 11 heavy (non-hydrogen) atoms. The van der Waals surface area contributed by atoms with Crippen LogP contribution < -0.4 is 5.32 Å². The summed E-state index contributed by atoms with van der Waals surface area (Å²) in [7, 11) is -0.678. The topological polar surface area (TPSA) is 29.1 Å². The molecule has 0 heterocycles. The van der Waals surface area contributed by atoms with Crippen LogP contribution in [-0.2, 0) is 10.8 Å². The van der Waals surface area contributed by atoms with Crippen molar-refractivity contribution in [3.05, 3.63) is 0 Å². The largest absolute Gasteiger partial charge is 0.316 e. The number of hydrogen-bond donors (Lipinski definition) is 1. The monoisotopic (exact) mass is 177 g/mol. The molecule has 2 atom stereocenters. The van der Waals surface area contributed by atoms with Gasteiger partial charge in [-0.2, -0.15) is 0 Å². The fraction of sp³-hybridized carbons (Fsp3) is 1.00. The lowest BCUT2D eigenvalue weighted by Gasteiger charge is -2.08. The van der Waals surface area contributed by atoms with Crippen molar-refractivity contribution in [3.63, 3.8) is 0 Å². The van der Waals surface area contributed by atoms with Gasteiger partial charge in [0.25, 0.3) is 0 Å². The second-order valence-corrected chi connectivity index (χ2v) is 4.67. The molecule has 0 aromatic carbocycles. The summed E-state index contributed by atoms with van der Waals surface area (Å²) in [6, 6.07) is 0. The number of rotatable bonds is 6. The Labute approximate surface area is 72.2 Å². The lowest BCUT2D eigenvalue weighted by Crippen LogP contribution is -2.28. The minimum absolute atomic E-state index is 0.284. The van der Waals surface area contributed by atoms with E-state index in [4.69, 9.17) is 0 Å². The molecule has 68 valence electrons. The van der Waals surface area contributed by atoms with E-state index in [0.717, 1.165) is 13.1 Å². The molecule has 0 rings (SSSR count). The number of unbranched alkanes of at least 4 members (excludes halogenated alkanes) is 1. The summed E-state index contributed by atoms with van der Waals surface area (Å²) in [5.74, 6) is 0. The Hall–Kier alpha value is 0.110. The number of nitrogens with one attached hydrogen (secondary N) is 1. The summed E-state index contributed by atoms with van der Waals surface area (Å²) in [6.45, 7) is 6.11. The average Bonchev–Trinajstić information content (AvgIpc) is 1.97. The Kier molecular flexibility index (Phi) is 6.87. The molecule has 0 aromatic heterocycles. The molecule has 0 saturated carbocycles. The fourth-order valence-corrected chi connectivity index (χ4v) is 1.08. The molecule has 1 N–H and O–H groups in total. The zero-order valence-corrected chi connectivity index (χ0v) is 8.54. The van der Waals surface area contributed by atoms with E-state index >= 15 is 0 Å². The molecule has 0 aliphatic carbocycles. The molecule has 0 radical (unpaired) electrons. The molecule has 0 aromatic rings. The van der Waals surface area contributed by atoms with Crippen molar-refractivity contribution >= 4 is 10.8 Å². The first-order valence-corrected chi connectivity index (χ1v) is 5.83. The maximum atomic E-state index is 10.9. The summed E-state index contributed by atoms with van der Waals surface area (Å²) in [6.07, 6.45) is 4.19. The van der Waals surface area contributed by atoms with Crippen molar-refractivity contribution < 1.29 is 4.21 Å². The predicted octanol–water partition coefficient (Wildman–Crippen LogP) is 1.14. The van der Waals surface area contributed by atoms with E-state index < -0.39 is 10.8 Å². The van der Waals surface area contributed by atoms with Gasteiger partial charge in [-0.3, -0.25) is 4.21 Å². The molecule has 2 unspecified atom stereocenters. The smallest absolute Gasteiger partial charge is 0.0441 e. The van der Waals surface area contributed by atoms with Gasteiger partial charge in [-0.15, -0.1) is 0 Å². The average molecular weight is 177 g/mol. The molecule has 0 amide bonds. The Morgan fingerprint density at radius 2 is 2.18 bits per heavy atom. The third kappa shape index (κ3) is 6.51. The van der Waals surface area contributed by atoms with Crippen LogP contribution in [0.3, 0.4) is 0 Å². The Bertz CT molecular complexity index is 117. The van der Waals surface area contributed by atoms with Gasteiger partial charge >= 0.3 is 0 Å². The van der Waals surface area contributed by atoms with E-state index in [1.54, 1.807) is 6.26 Å². The molecule has 2 nitrogen and oxygen atoms in total. The van der Waals surface area contributed by atoms with Crippen LogP contribution >= 0.6 is 0 Å². The van der Waals surface area contributed by atoms with Crippen LogP contribution in [0.25, 0.3) is 0 Å². The molecule has 0 aliphatic heterocycles. The first kappa shape index (κ1) is 11.1. The minimum Gasteiger partial charge on any atom is -0.316 e. The lowest BCUT2D eigenvalue weighted by atomic mass is 10.3. The van der Waals surface area contributed by atoms with E-state index in [2.05, 4.69) is 12.2 Å². The summed E-state index contributed by atoms with van der Waals surface area (Å²) < 4.78 is 10.9. The lowest BCUT2D eigenvalue weighted by molar-refractivity contribution is 0.623. The third-order valence-electron chi connectivity index (χ3n) is 1.71. The zero-order chi connectivity index (χ0) is 8.69. The van der Waals surface area contributed by atoms with Crippen LogP contribution in [0.5, 0.6) is 0 Å². The van der Waals surface area contributed by atoms with Crippen LogP contribution in [0.2, 0.25) is 0 Å². The van der Waals surface area contributed by atoms with Crippen molar-refractivity contribution in [2.45, 2.75) is 31.9 Å². The Balaban J connectivity index is 3.17. The minimum atomic E-state index is -0.678. The van der Waals surface area contributed by atoms with Crippen molar-refractivity contribution in [3.8, 4) is 0 Å². The van der Waals surface area contributed by atoms with Crippen LogP contribution in [0.1, 0.15) is 26.7 Å². The highest BCUT2D eigenvalue weighted by Gasteiger charge is 2.03. The second-order valence-electron chi connectivity index (χ2n) is 2.87. The van der Waals surface area contributed by atoms with E-state index in [1.165, 1.54) is 12.8 Å². The first-order chi connectivity index (χ1) is 5.18. The van der Waals surface area contributed by atoms with Gasteiger partial charge in [0.1, 0.15) is 0 Å². The van der Waals surface area contributed by atoms with E-state index in [0.29, 0.717) is 0 Å². The number of hydrogen-bond acceptors (Lipinski definition) is 2. The van der Waals surface area contributed by atoms with Gasteiger partial charge in [-0.25, -0.2) is 0 Å². The van der Waals surface area contributed by atoms with E-state index in [9.17, 15) is 4.21 Å². The highest BCUT2D eigenvalue weighted by Crippen LogP contribution is 1.90. The third-order valence-corrected chi connectivity index (χ3v) is 3.01. The maximum absolute atomic E-state index is 10.9. The van der Waals surface area contributed by atoms with Gasteiger partial charge in [-0.05, 0) is 19.9 Å². The van der Waals surface area contributed by atoms with Gasteiger partial charge in [-0.1, -0.05) is 13.3 Å². The molecule has 3 heteroatoms. The van der Waals surface area contributed by atoms with E-state index in [-0.39, 0.29) is 5.25 Å². The zero-order valence-electron chi connectivity index (χ0n) is 7.72. The van der Waals surface area contributed by atoms with Crippen LogP contribution in [0, 0.1) is 0 Å². The Morgan fingerprint density at radius 3 is 2.64 bits per heavy atom. The molecule has 0 bridgehead atoms. The van der Waals surface area contributed by atoms with Gasteiger partial charge in [0.2, 0.25) is 0 Å². The van der Waals surface area contributed by atoms with Gasteiger partial charge in [0, 0.05) is 28.9 Å². The van der Waals surface area contributed by atoms with Crippen molar-refractivity contribution in [1.29, 1.82) is 0 Å². The van der Waals surface area contributed by atoms with Crippen molar-refractivity contribution in [2.24, 2.45) is 0 Å². The molecule has 0 saturated heterocycles. The summed E-state index contributed by atoms with van der Waals surface area (Å²) >= 11 is 0. The van der Waals surface area contributed by atoms with Crippen LogP contribution in [0.15, 0.2) is 0 Å². The second kappa shape index (κ2) is 6.80. The Morgan fingerprint density at radius 1 is 1.55 bits per heavy atom. The molecular formula is C8H19NOS. The quantitative estimate of drug-likeness (QED) is 0.617. The summed E-state index contributed by atoms with van der Waals surface area (Å²) in [5, 5.41) is 3.56. The SMILES string of the molecule is CCCCNCC(C)S(C)=O. The van der Waals surface area contributed by atoms with E-state index in [1.807, 2.05) is 6.92 Å². The highest BCUT2D eigenvalue weighted by molar-refractivity contribution is 7.84. The molecular weight excluding hydrogens is 158 g/mol. The van der Waals surface area contributed by atoms with Crippen LogP contribution in [0.4, 0.5) is 0 Å². The standard InChI is InChI=1S/C8H19NOS/c1-4-5-6-9-7-8(2)11(3)10/h8-9H,4-7H2,1-3H3. The van der Waals surface area contributed by atoms with Crippen molar-refractivity contribution in [1.82, 2.24) is 5.32 Å². The highest BCUT2D eigenvalue weighted by atomic mass is 32.2. The first-order valence-electron chi connectivity index (χ1n) is 4.21.